The Bertz CT molecular complexity index is 809. The van der Waals surface area contributed by atoms with Gasteiger partial charge in [-0.3, -0.25) is 0 Å². The van der Waals surface area contributed by atoms with Gasteiger partial charge in [0.15, 0.2) is 0 Å². The van der Waals surface area contributed by atoms with E-state index in [2.05, 4.69) is 125 Å². The monoisotopic (exact) mass is 493 g/mol. The van der Waals surface area contributed by atoms with Crippen LogP contribution in [-0.4, -0.2) is 18.4 Å². The van der Waals surface area contributed by atoms with Crippen molar-refractivity contribution in [3.63, 3.8) is 0 Å². The molecule has 3 aromatic carbocycles. The average Bonchev–Trinajstić information content (AvgIpc) is 2.89. The maximum absolute atomic E-state index is 5.98. The Morgan fingerprint density at radius 1 is 0.629 bits per heavy atom. The molecule has 0 saturated carbocycles. The van der Waals surface area contributed by atoms with Crippen molar-refractivity contribution in [3.8, 4) is 0 Å². The van der Waals surface area contributed by atoms with Crippen LogP contribution < -0.4 is 21.6 Å². The van der Waals surface area contributed by atoms with E-state index in [4.69, 9.17) is 11.1 Å². The van der Waals surface area contributed by atoms with Gasteiger partial charge in [-0.1, -0.05) is 96.1 Å². The normalized spacial score (nSPS) is 11.0. The van der Waals surface area contributed by atoms with Gasteiger partial charge in [-0.2, -0.15) is 0 Å². The molecule has 0 aliphatic rings. The van der Waals surface area contributed by atoms with E-state index in [-0.39, 0.29) is 10.6 Å². The third-order valence-electron chi connectivity index (χ3n) is 6.07. The highest BCUT2D eigenvalue weighted by molar-refractivity contribution is 7.96. The van der Waals surface area contributed by atoms with Gasteiger partial charge in [0.25, 0.3) is 0 Å². The first-order valence-electron chi connectivity index (χ1n) is 12.9. The molecule has 0 radical (unpaired) electrons. The molecule has 35 heavy (non-hydrogen) atoms. The predicted molar refractivity (Wildman–Crippen MR) is 164 cm³/mol. The quantitative estimate of drug-likeness (QED) is 0.244. The summed E-state index contributed by atoms with van der Waals surface area (Å²) in [5, 5.41) is 9.92. The molecular formula is C32H50N2P+. The standard InChI is InChI=1S/C27H35NP.2C2H6.CH3N/c1-26(2,20-21-28)22-27(3,4)29(23-14-8-5-9-15-23,24-16-10-6-11-17-24)25-18-12-7-13-19-25;3*1-2/h5-19H,20-22,28H2,1-4H3;2*1-2H3;2H,1H2/q+1;;;. The zero-order valence-electron chi connectivity index (χ0n) is 23.5. The van der Waals surface area contributed by atoms with Crippen LogP contribution in [-0.2, 0) is 0 Å². The van der Waals surface area contributed by atoms with Crippen LogP contribution in [0.2, 0.25) is 0 Å². The Hall–Kier alpha value is -2.28. The van der Waals surface area contributed by atoms with Gasteiger partial charge in [-0.05, 0) is 81.8 Å². The molecule has 0 aromatic heterocycles. The third-order valence-corrected chi connectivity index (χ3v) is 11.3. The fraction of sp³-hybridized carbons (Fsp3) is 0.406. The van der Waals surface area contributed by atoms with Crippen LogP contribution >= 0.6 is 7.26 Å². The van der Waals surface area contributed by atoms with Crippen LogP contribution in [0.25, 0.3) is 0 Å². The van der Waals surface area contributed by atoms with Crippen molar-refractivity contribution in [1.29, 1.82) is 5.41 Å². The van der Waals surface area contributed by atoms with Crippen LogP contribution in [0.3, 0.4) is 0 Å². The second-order valence-corrected chi connectivity index (χ2v) is 13.5. The van der Waals surface area contributed by atoms with Gasteiger partial charge in [0.2, 0.25) is 0 Å². The van der Waals surface area contributed by atoms with Gasteiger partial charge >= 0.3 is 0 Å². The first-order valence-corrected chi connectivity index (χ1v) is 14.7. The topological polar surface area (TPSA) is 49.9 Å². The minimum absolute atomic E-state index is 0.0652. The smallest absolute Gasteiger partial charge is 0.117 e. The van der Waals surface area contributed by atoms with Crippen LogP contribution in [0.15, 0.2) is 91.0 Å². The van der Waals surface area contributed by atoms with Crippen molar-refractivity contribution in [1.82, 2.24) is 0 Å². The van der Waals surface area contributed by atoms with Crippen molar-refractivity contribution in [2.75, 3.05) is 6.54 Å². The Morgan fingerprint density at radius 2 is 0.914 bits per heavy atom. The first kappa shape index (κ1) is 32.7. The molecule has 0 unspecified atom stereocenters. The molecule has 0 heterocycles. The molecule has 3 rings (SSSR count). The minimum atomic E-state index is -1.92. The number of benzene rings is 3. The lowest BCUT2D eigenvalue weighted by atomic mass is 9.81. The number of nitrogens with two attached hydrogens (primary N) is 1. The zero-order chi connectivity index (χ0) is 27.0. The lowest BCUT2D eigenvalue weighted by Gasteiger charge is -2.44. The largest absolute Gasteiger partial charge is 0.330 e. The zero-order valence-corrected chi connectivity index (χ0v) is 24.4. The van der Waals surface area contributed by atoms with Crippen LogP contribution in [0.1, 0.15) is 68.2 Å². The predicted octanol–water partition coefficient (Wildman–Crippen LogP) is 7.84. The van der Waals surface area contributed by atoms with Gasteiger partial charge in [-0.15, -0.1) is 0 Å². The second-order valence-electron chi connectivity index (χ2n) is 9.37. The molecular weight excluding hydrogens is 443 g/mol. The molecule has 3 heteroatoms. The highest BCUT2D eigenvalue weighted by Crippen LogP contribution is 2.68. The third kappa shape index (κ3) is 8.13. The van der Waals surface area contributed by atoms with Crippen LogP contribution in [0, 0.1) is 10.8 Å². The van der Waals surface area contributed by atoms with Gasteiger partial charge in [-0.25, -0.2) is 0 Å². The van der Waals surface area contributed by atoms with E-state index in [1.165, 1.54) is 15.9 Å². The van der Waals surface area contributed by atoms with Crippen molar-refractivity contribution in [2.45, 2.75) is 73.4 Å². The average molecular weight is 494 g/mol. The molecule has 0 spiro atoms. The molecule has 3 N–H and O–H groups in total. The summed E-state index contributed by atoms with van der Waals surface area (Å²) in [5.74, 6) is 0. The lowest BCUT2D eigenvalue weighted by molar-refractivity contribution is 0.282. The molecule has 0 amide bonds. The summed E-state index contributed by atoms with van der Waals surface area (Å²) in [4.78, 5) is 0. The van der Waals surface area contributed by atoms with Gasteiger partial charge in [0.05, 0.1) is 5.16 Å². The van der Waals surface area contributed by atoms with E-state index < -0.39 is 7.26 Å². The van der Waals surface area contributed by atoms with Crippen LogP contribution in [0.4, 0.5) is 0 Å². The molecule has 0 atom stereocenters. The van der Waals surface area contributed by atoms with E-state index in [0.717, 1.165) is 19.4 Å². The Balaban J connectivity index is 0.00000179. The van der Waals surface area contributed by atoms with Gasteiger partial charge in [0, 0.05) is 0 Å². The van der Waals surface area contributed by atoms with E-state index >= 15 is 0 Å². The SMILES string of the molecule is C=N.CC.CC.CC(C)(CCN)CC(C)(C)[P+](c1ccccc1)(c1ccccc1)c1ccccc1. The maximum Gasteiger partial charge on any atom is 0.117 e. The van der Waals surface area contributed by atoms with Gasteiger partial charge < -0.3 is 11.1 Å². The summed E-state index contributed by atoms with van der Waals surface area (Å²) in [5.41, 5.74) is 6.17. The molecule has 0 fully saturated rings. The Morgan fingerprint density at radius 3 is 1.17 bits per heavy atom. The van der Waals surface area contributed by atoms with Gasteiger partial charge in [0.1, 0.15) is 23.2 Å². The maximum atomic E-state index is 5.98. The minimum Gasteiger partial charge on any atom is -0.330 e. The number of hydrogen-bond acceptors (Lipinski definition) is 2. The summed E-state index contributed by atoms with van der Waals surface area (Å²) in [6, 6.07) is 33.6. The molecule has 0 saturated heterocycles. The fourth-order valence-electron chi connectivity index (χ4n) is 5.22. The van der Waals surface area contributed by atoms with Crippen molar-refractivity contribution >= 4 is 29.9 Å². The first-order chi connectivity index (χ1) is 16.8. The second kappa shape index (κ2) is 16.4. The Kier molecular flexibility index (Phi) is 15.3. The summed E-state index contributed by atoms with van der Waals surface area (Å²) in [7, 11) is -1.92. The van der Waals surface area contributed by atoms with E-state index in [9.17, 15) is 0 Å². The molecule has 0 bridgehead atoms. The van der Waals surface area contributed by atoms with Crippen molar-refractivity contribution in [2.24, 2.45) is 11.1 Å². The molecule has 0 aliphatic carbocycles. The van der Waals surface area contributed by atoms with E-state index in [1.807, 2.05) is 27.7 Å². The molecule has 192 valence electrons. The highest BCUT2D eigenvalue weighted by atomic mass is 31.2. The fourth-order valence-corrected chi connectivity index (χ4v) is 10.7. The number of nitrogens with one attached hydrogen (secondary N) is 1. The summed E-state index contributed by atoms with van der Waals surface area (Å²) >= 11 is 0. The summed E-state index contributed by atoms with van der Waals surface area (Å²) < 4.78 is 0. The molecule has 3 aromatic rings. The molecule has 2 nitrogen and oxygen atoms in total. The summed E-state index contributed by atoms with van der Waals surface area (Å²) in [6.45, 7) is 20.9. The number of hydrogen-bond donors (Lipinski definition) is 2. The lowest BCUT2D eigenvalue weighted by Crippen LogP contribution is -2.46. The van der Waals surface area contributed by atoms with E-state index in [1.54, 1.807) is 0 Å². The molecule has 0 aliphatic heterocycles. The van der Waals surface area contributed by atoms with Crippen LogP contribution in [0.5, 0.6) is 0 Å². The van der Waals surface area contributed by atoms with E-state index in [0.29, 0.717) is 0 Å². The highest BCUT2D eigenvalue weighted by Gasteiger charge is 2.58. The Labute approximate surface area is 217 Å². The van der Waals surface area contributed by atoms with Crippen molar-refractivity contribution < 1.29 is 0 Å². The van der Waals surface area contributed by atoms with Crippen molar-refractivity contribution in [3.05, 3.63) is 91.0 Å². The number of rotatable bonds is 8. The summed E-state index contributed by atoms with van der Waals surface area (Å²) in [6.07, 6.45) is 2.15.